The van der Waals surface area contributed by atoms with Gasteiger partial charge in [0, 0.05) is 0 Å². The molecule has 2 aliphatic rings. The van der Waals surface area contributed by atoms with Crippen LogP contribution >= 0.6 is 0 Å². The summed E-state index contributed by atoms with van der Waals surface area (Å²) in [6, 6.07) is 8.87. The zero-order valence-corrected chi connectivity index (χ0v) is 9.60. The molecule has 2 heteroatoms. The van der Waals surface area contributed by atoms with Crippen molar-refractivity contribution < 1.29 is 5.11 Å². The second kappa shape index (κ2) is 4.19. The van der Waals surface area contributed by atoms with Crippen LogP contribution in [0.3, 0.4) is 0 Å². The van der Waals surface area contributed by atoms with Crippen molar-refractivity contribution in [2.45, 2.75) is 37.8 Å². The molecule has 3 rings (SSSR count). The average Bonchev–Trinajstić information content (AvgIpc) is 2.82. The summed E-state index contributed by atoms with van der Waals surface area (Å²) >= 11 is 0. The van der Waals surface area contributed by atoms with Crippen molar-refractivity contribution in [3.8, 4) is 0 Å². The van der Waals surface area contributed by atoms with Gasteiger partial charge >= 0.3 is 0 Å². The predicted octanol–water partition coefficient (Wildman–Crippen LogP) is 2.13. The minimum atomic E-state index is -0.173. The number of aryl methyl sites for hydroxylation is 1. The van der Waals surface area contributed by atoms with Crippen LogP contribution in [-0.4, -0.2) is 29.2 Å². The van der Waals surface area contributed by atoms with Crippen molar-refractivity contribution in [1.29, 1.82) is 0 Å². The number of likely N-dealkylation sites (tertiary alicyclic amines) is 1. The number of rotatable bonds is 1. The Bertz CT molecular complexity index is 371. The van der Waals surface area contributed by atoms with Crippen LogP contribution in [0.2, 0.25) is 0 Å². The number of hydrogen-bond donors (Lipinski definition) is 1. The summed E-state index contributed by atoms with van der Waals surface area (Å²) in [6.45, 7) is 2.30. The van der Waals surface area contributed by atoms with Crippen LogP contribution in [0, 0.1) is 0 Å². The first-order chi connectivity index (χ1) is 7.86. The Morgan fingerprint density at radius 3 is 2.69 bits per heavy atom. The first kappa shape index (κ1) is 10.3. The largest absolute Gasteiger partial charge is 0.391 e. The standard InChI is InChI=1S/C14H19NO/c16-13-8-7-11-5-1-2-6-12(11)14(13)15-9-3-4-10-15/h1-2,5-6,13-14,16H,3-4,7-10H2/t13-,14-/m0/s1. The maximum atomic E-state index is 10.2. The van der Waals surface area contributed by atoms with Crippen molar-refractivity contribution in [1.82, 2.24) is 4.90 Å². The third-order valence-corrected chi connectivity index (χ3v) is 3.98. The predicted molar refractivity (Wildman–Crippen MR) is 64.3 cm³/mol. The van der Waals surface area contributed by atoms with Crippen LogP contribution in [-0.2, 0) is 6.42 Å². The first-order valence-electron chi connectivity index (χ1n) is 6.36. The zero-order valence-electron chi connectivity index (χ0n) is 9.60. The van der Waals surface area contributed by atoms with Gasteiger partial charge < -0.3 is 5.11 Å². The van der Waals surface area contributed by atoms with Gasteiger partial charge in [0.15, 0.2) is 0 Å². The number of aliphatic hydroxyl groups excluding tert-OH is 1. The van der Waals surface area contributed by atoms with E-state index in [1.807, 2.05) is 0 Å². The van der Waals surface area contributed by atoms with E-state index in [0.717, 1.165) is 25.9 Å². The Morgan fingerprint density at radius 1 is 1.12 bits per heavy atom. The molecule has 86 valence electrons. The van der Waals surface area contributed by atoms with Gasteiger partial charge in [0.05, 0.1) is 12.1 Å². The molecule has 1 saturated heterocycles. The van der Waals surface area contributed by atoms with E-state index in [9.17, 15) is 5.11 Å². The van der Waals surface area contributed by atoms with Gasteiger partial charge in [-0.2, -0.15) is 0 Å². The van der Waals surface area contributed by atoms with Crippen LogP contribution in [0.1, 0.15) is 36.4 Å². The summed E-state index contributed by atoms with van der Waals surface area (Å²) in [5.41, 5.74) is 2.80. The molecule has 0 unspecified atom stereocenters. The fraction of sp³-hybridized carbons (Fsp3) is 0.571. The van der Waals surface area contributed by atoms with Crippen LogP contribution in [0.15, 0.2) is 24.3 Å². The average molecular weight is 217 g/mol. The fourth-order valence-electron chi connectivity index (χ4n) is 3.18. The summed E-state index contributed by atoms with van der Waals surface area (Å²) in [5.74, 6) is 0. The van der Waals surface area contributed by atoms with E-state index >= 15 is 0 Å². The smallest absolute Gasteiger partial charge is 0.0740 e. The van der Waals surface area contributed by atoms with Gasteiger partial charge in [-0.05, 0) is 49.9 Å². The molecule has 0 bridgehead atoms. The molecule has 1 N–H and O–H groups in total. The van der Waals surface area contributed by atoms with Crippen molar-refractivity contribution in [3.63, 3.8) is 0 Å². The molecule has 1 aromatic carbocycles. The van der Waals surface area contributed by atoms with E-state index in [2.05, 4.69) is 29.2 Å². The van der Waals surface area contributed by atoms with Gasteiger partial charge in [0.25, 0.3) is 0 Å². The molecule has 0 aromatic heterocycles. The van der Waals surface area contributed by atoms with Crippen LogP contribution in [0.4, 0.5) is 0 Å². The zero-order chi connectivity index (χ0) is 11.0. The van der Waals surface area contributed by atoms with E-state index in [1.165, 1.54) is 24.0 Å². The van der Waals surface area contributed by atoms with Crippen molar-refractivity contribution in [3.05, 3.63) is 35.4 Å². The molecule has 1 aromatic rings. The quantitative estimate of drug-likeness (QED) is 0.779. The Kier molecular flexibility index (Phi) is 2.70. The number of hydrogen-bond acceptors (Lipinski definition) is 2. The van der Waals surface area contributed by atoms with E-state index < -0.39 is 0 Å². The lowest BCUT2D eigenvalue weighted by Gasteiger charge is -2.36. The maximum Gasteiger partial charge on any atom is 0.0740 e. The molecular weight excluding hydrogens is 198 g/mol. The van der Waals surface area contributed by atoms with E-state index in [-0.39, 0.29) is 12.1 Å². The number of benzene rings is 1. The highest BCUT2D eigenvalue weighted by molar-refractivity contribution is 5.33. The minimum Gasteiger partial charge on any atom is -0.391 e. The molecule has 0 radical (unpaired) electrons. The highest BCUT2D eigenvalue weighted by Gasteiger charge is 2.33. The summed E-state index contributed by atoms with van der Waals surface area (Å²) in [5, 5.41) is 10.2. The SMILES string of the molecule is O[C@H]1CCc2ccccc2[C@@H]1N1CCCC1. The molecule has 2 nitrogen and oxygen atoms in total. The van der Waals surface area contributed by atoms with Crippen molar-refractivity contribution in [2.75, 3.05) is 13.1 Å². The first-order valence-corrected chi connectivity index (χ1v) is 6.36. The molecule has 2 atom stereocenters. The summed E-state index contributed by atoms with van der Waals surface area (Å²) in [6.07, 6.45) is 4.34. The maximum absolute atomic E-state index is 10.2. The normalized spacial score (nSPS) is 30.3. The number of nitrogens with zero attached hydrogens (tertiary/aromatic N) is 1. The monoisotopic (exact) mass is 217 g/mol. The second-order valence-corrected chi connectivity index (χ2v) is 4.99. The van der Waals surface area contributed by atoms with Gasteiger partial charge in [-0.15, -0.1) is 0 Å². The molecule has 0 amide bonds. The van der Waals surface area contributed by atoms with Crippen molar-refractivity contribution in [2.24, 2.45) is 0 Å². The second-order valence-electron chi connectivity index (χ2n) is 4.99. The third kappa shape index (κ3) is 1.66. The minimum absolute atomic E-state index is 0.173. The van der Waals surface area contributed by atoms with Gasteiger partial charge in [-0.3, -0.25) is 4.90 Å². The van der Waals surface area contributed by atoms with Crippen LogP contribution < -0.4 is 0 Å². The summed E-state index contributed by atoms with van der Waals surface area (Å²) in [7, 11) is 0. The van der Waals surface area contributed by atoms with Gasteiger partial charge in [-0.1, -0.05) is 24.3 Å². The Labute approximate surface area is 96.9 Å². The molecule has 1 aliphatic heterocycles. The Morgan fingerprint density at radius 2 is 1.88 bits per heavy atom. The lowest BCUT2D eigenvalue weighted by Crippen LogP contribution is -2.38. The highest BCUT2D eigenvalue weighted by Crippen LogP contribution is 2.36. The molecule has 1 aliphatic carbocycles. The van der Waals surface area contributed by atoms with E-state index in [0.29, 0.717) is 0 Å². The Hall–Kier alpha value is -0.860. The van der Waals surface area contributed by atoms with Crippen LogP contribution in [0.25, 0.3) is 0 Å². The van der Waals surface area contributed by atoms with Gasteiger partial charge in [0.2, 0.25) is 0 Å². The van der Waals surface area contributed by atoms with Crippen LogP contribution in [0.5, 0.6) is 0 Å². The van der Waals surface area contributed by atoms with Gasteiger partial charge in [0.1, 0.15) is 0 Å². The number of fused-ring (bicyclic) bond motifs is 1. The fourth-order valence-corrected chi connectivity index (χ4v) is 3.18. The molecule has 1 heterocycles. The number of aliphatic hydroxyl groups is 1. The summed E-state index contributed by atoms with van der Waals surface area (Å²) < 4.78 is 0. The molecule has 0 saturated carbocycles. The molecule has 16 heavy (non-hydrogen) atoms. The van der Waals surface area contributed by atoms with Crippen molar-refractivity contribution >= 4 is 0 Å². The molecule has 0 spiro atoms. The molecular formula is C14H19NO. The lowest BCUT2D eigenvalue weighted by molar-refractivity contribution is 0.0479. The van der Waals surface area contributed by atoms with Gasteiger partial charge in [-0.25, -0.2) is 0 Å². The lowest BCUT2D eigenvalue weighted by atomic mass is 9.85. The third-order valence-electron chi connectivity index (χ3n) is 3.98. The Balaban J connectivity index is 1.96. The van der Waals surface area contributed by atoms with E-state index in [4.69, 9.17) is 0 Å². The summed E-state index contributed by atoms with van der Waals surface area (Å²) in [4.78, 5) is 2.46. The van der Waals surface area contributed by atoms with E-state index in [1.54, 1.807) is 0 Å². The molecule has 1 fully saturated rings. The topological polar surface area (TPSA) is 23.5 Å². The highest BCUT2D eigenvalue weighted by atomic mass is 16.3.